The fraction of sp³-hybridized carbons (Fsp3) is 0.333. The molecule has 0 saturated carbocycles. The average Bonchev–Trinajstić information content (AvgIpc) is 3.34. The number of hydrogen-bond acceptors (Lipinski definition) is 5. The van der Waals surface area contributed by atoms with E-state index in [1.807, 2.05) is 19.1 Å². The van der Waals surface area contributed by atoms with E-state index in [1.165, 1.54) is 13.2 Å². The van der Waals surface area contributed by atoms with Gasteiger partial charge >= 0.3 is 6.18 Å². The van der Waals surface area contributed by atoms with Crippen LogP contribution in [0, 0.1) is 0 Å². The summed E-state index contributed by atoms with van der Waals surface area (Å²) in [4.78, 5) is 24.5. The summed E-state index contributed by atoms with van der Waals surface area (Å²) < 4.78 is 56.8. The first-order valence-corrected chi connectivity index (χ1v) is 10.6. The Hall–Kier alpha value is -3.53. The monoisotopic (exact) mass is 478 g/mol. The third-order valence-electron chi connectivity index (χ3n) is 4.99. The first-order valence-electron chi connectivity index (χ1n) is 10.6. The molecule has 1 saturated heterocycles. The molecular weight excluding hydrogens is 453 g/mol. The second-order valence-electron chi connectivity index (χ2n) is 7.50. The molecule has 0 aromatic heterocycles. The van der Waals surface area contributed by atoms with Crippen LogP contribution in [0.2, 0.25) is 0 Å². The van der Waals surface area contributed by atoms with Crippen LogP contribution >= 0.6 is 0 Å². The van der Waals surface area contributed by atoms with Gasteiger partial charge in [-0.15, -0.1) is 0 Å². The summed E-state index contributed by atoms with van der Waals surface area (Å²) in [6.45, 7) is 1.76. The minimum Gasteiger partial charge on any atom is -0.493 e. The van der Waals surface area contributed by atoms with Crippen LogP contribution in [0.1, 0.15) is 30.9 Å². The van der Waals surface area contributed by atoms with E-state index in [-0.39, 0.29) is 11.4 Å². The summed E-state index contributed by atoms with van der Waals surface area (Å²) >= 11 is 0. The van der Waals surface area contributed by atoms with E-state index in [0.717, 1.165) is 17.7 Å². The van der Waals surface area contributed by atoms with Crippen LogP contribution in [0.5, 0.6) is 11.5 Å². The van der Waals surface area contributed by atoms with Crippen molar-refractivity contribution in [3.63, 3.8) is 0 Å². The number of ether oxygens (including phenoxy) is 3. The molecular formula is C24H25F3N2O5. The van der Waals surface area contributed by atoms with E-state index in [0.29, 0.717) is 25.2 Å². The van der Waals surface area contributed by atoms with Crippen molar-refractivity contribution in [1.82, 2.24) is 0 Å². The van der Waals surface area contributed by atoms with E-state index in [9.17, 15) is 22.8 Å². The molecule has 2 aromatic carbocycles. The summed E-state index contributed by atoms with van der Waals surface area (Å²) in [6.07, 6.45) is -0.528. The fourth-order valence-electron chi connectivity index (χ4n) is 3.40. The Morgan fingerprint density at radius 2 is 1.94 bits per heavy atom. The molecule has 2 amide bonds. The normalized spacial score (nSPS) is 15.9. The topological polar surface area (TPSA) is 85.9 Å². The van der Waals surface area contributed by atoms with Gasteiger partial charge in [-0.25, -0.2) is 0 Å². The molecule has 1 fully saturated rings. The summed E-state index contributed by atoms with van der Waals surface area (Å²) in [5, 5.41) is 4.65. The standard InChI is InChI=1S/C24H25F3N2O5/c1-3-5-15-7-10-19(21(12-15)32-2)34-14-22(30)29-18-9-8-16(13-17(18)24(25,26)27)28-23(31)20-6-4-11-33-20/h3,5,7-10,12-13,20H,4,6,11,14H2,1-2H3,(H,28,31)(H,29,30)/b5-3+. The van der Waals surface area contributed by atoms with Crippen LogP contribution in [0.3, 0.4) is 0 Å². The molecule has 0 spiro atoms. The van der Waals surface area contributed by atoms with Gasteiger partial charge in [-0.05, 0) is 55.7 Å². The largest absolute Gasteiger partial charge is 0.493 e. The highest BCUT2D eigenvalue weighted by molar-refractivity contribution is 5.96. The molecule has 0 bridgehead atoms. The van der Waals surface area contributed by atoms with Gasteiger partial charge in [0.15, 0.2) is 18.1 Å². The molecule has 0 radical (unpaired) electrons. The van der Waals surface area contributed by atoms with Gasteiger partial charge in [-0.3, -0.25) is 9.59 Å². The zero-order valence-electron chi connectivity index (χ0n) is 18.7. The number of benzene rings is 2. The Morgan fingerprint density at radius 1 is 1.15 bits per heavy atom. The van der Waals surface area contributed by atoms with Gasteiger partial charge in [0.2, 0.25) is 0 Å². The number of nitrogens with one attached hydrogen (secondary N) is 2. The van der Waals surface area contributed by atoms with E-state index >= 15 is 0 Å². The maximum Gasteiger partial charge on any atom is 0.418 e. The van der Waals surface area contributed by atoms with Gasteiger partial charge in [0, 0.05) is 12.3 Å². The zero-order chi connectivity index (χ0) is 24.7. The summed E-state index contributed by atoms with van der Waals surface area (Å²) in [7, 11) is 1.44. The van der Waals surface area contributed by atoms with Crippen LogP contribution in [-0.2, 0) is 20.5 Å². The van der Waals surface area contributed by atoms with Crippen LogP contribution in [0.25, 0.3) is 6.08 Å². The molecule has 1 unspecified atom stereocenters. The predicted octanol–water partition coefficient (Wildman–Crippen LogP) is 4.88. The first kappa shape index (κ1) is 25.1. The SMILES string of the molecule is C/C=C/c1ccc(OCC(=O)Nc2ccc(NC(=O)C3CCCO3)cc2C(F)(F)F)c(OC)c1. The number of methoxy groups -OCH3 is 1. The summed E-state index contributed by atoms with van der Waals surface area (Å²) in [5.74, 6) is -0.647. The molecule has 1 aliphatic rings. The molecule has 2 N–H and O–H groups in total. The number of carbonyl (C=O) groups excluding carboxylic acids is 2. The molecule has 1 heterocycles. The molecule has 1 aliphatic heterocycles. The van der Waals surface area contributed by atoms with Gasteiger partial charge in [-0.1, -0.05) is 18.2 Å². The third-order valence-corrected chi connectivity index (χ3v) is 4.99. The minimum atomic E-state index is -4.76. The third kappa shape index (κ3) is 6.50. The van der Waals surface area contributed by atoms with Crippen LogP contribution in [-0.4, -0.2) is 38.2 Å². The lowest BCUT2D eigenvalue weighted by Gasteiger charge is -2.17. The number of alkyl halides is 3. The Balaban J connectivity index is 1.69. The Bertz CT molecular complexity index is 1060. The van der Waals surface area contributed by atoms with Gasteiger partial charge in [-0.2, -0.15) is 13.2 Å². The molecule has 1 atom stereocenters. The van der Waals surface area contributed by atoms with Crippen molar-refractivity contribution in [2.75, 3.05) is 31.0 Å². The van der Waals surface area contributed by atoms with Crippen molar-refractivity contribution in [2.45, 2.75) is 32.0 Å². The number of amides is 2. The lowest BCUT2D eigenvalue weighted by molar-refractivity contribution is -0.137. The quantitative estimate of drug-likeness (QED) is 0.565. The molecule has 3 rings (SSSR count). The second kappa shape index (κ2) is 11.1. The molecule has 34 heavy (non-hydrogen) atoms. The number of anilines is 2. The highest BCUT2D eigenvalue weighted by atomic mass is 19.4. The maximum absolute atomic E-state index is 13.6. The molecule has 7 nitrogen and oxygen atoms in total. The lowest BCUT2D eigenvalue weighted by Crippen LogP contribution is -2.27. The average molecular weight is 478 g/mol. The highest BCUT2D eigenvalue weighted by Crippen LogP contribution is 2.37. The van der Waals surface area contributed by atoms with Crippen molar-refractivity contribution < 1.29 is 37.0 Å². The van der Waals surface area contributed by atoms with Gasteiger partial charge < -0.3 is 24.8 Å². The van der Waals surface area contributed by atoms with E-state index in [2.05, 4.69) is 10.6 Å². The molecule has 10 heteroatoms. The van der Waals surface area contributed by atoms with Crippen LogP contribution in [0.4, 0.5) is 24.5 Å². The number of allylic oxidation sites excluding steroid dienone is 1. The van der Waals surface area contributed by atoms with Crippen molar-refractivity contribution in [1.29, 1.82) is 0 Å². The van der Waals surface area contributed by atoms with Crippen molar-refractivity contribution >= 4 is 29.3 Å². The highest BCUT2D eigenvalue weighted by Gasteiger charge is 2.35. The van der Waals surface area contributed by atoms with Gasteiger partial charge in [0.25, 0.3) is 11.8 Å². The maximum atomic E-state index is 13.6. The van der Waals surface area contributed by atoms with Gasteiger partial charge in [0.1, 0.15) is 6.10 Å². The molecule has 182 valence electrons. The van der Waals surface area contributed by atoms with Crippen molar-refractivity contribution in [3.05, 3.63) is 53.6 Å². The van der Waals surface area contributed by atoms with Crippen LogP contribution in [0.15, 0.2) is 42.5 Å². The second-order valence-corrected chi connectivity index (χ2v) is 7.50. The number of hydrogen-bond donors (Lipinski definition) is 2. The number of carbonyl (C=O) groups is 2. The van der Waals surface area contributed by atoms with E-state index < -0.39 is 42.0 Å². The Labute approximate surface area is 194 Å². The molecule has 0 aliphatic carbocycles. The van der Waals surface area contributed by atoms with Gasteiger partial charge in [0.05, 0.1) is 18.4 Å². The zero-order valence-corrected chi connectivity index (χ0v) is 18.7. The smallest absolute Gasteiger partial charge is 0.418 e. The first-order chi connectivity index (χ1) is 16.2. The van der Waals surface area contributed by atoms with Crippen molar-refractivity contribution in [3.8, 4) is 11.5 Å². The number of rotatable bonds is 8. The summed E-state index contributed by atoms with van der Waals surface area (Å²) in [5.41, 5.74) is -0.739. The minimum absolute atomic E-state index is 0.0481. The lowest BCUT2D eigenvalue weighted by atomic mass is 10.1. The van der Waals surface area contributed by atoms with E-state index in [1.54, 1.807) is 18.2 Å². The Morgan fingerprint density at radius 3 is 2.59 bits per heavy atom. The van der Waals surface area contributed by atoms with Crippen molar-refractivity contribution in [2.24, 2.45) is 0 Å². The fourth-order valence-corrected chi connectivity index (χ4v) is 3.40. The number of halogens is 3. The Kier molecular flexibility index (Phi) is 8.17. The summed E-state index contributed by atoms with van der Waals surface area (Å²) in [6, 6.07) is 8.19. The predicted molar refractivity (Wildman–Crippen MR) is 121 cm³/mol. The van der Waals surface area contributed by atoms with Crippen LogP contribution < -0.4 is 20.1 Å². The van der Waals surface area contributed by atoms with E-state index in [4.69, 9.17) is 14.2 Å². The molecule has 2 aromatic rings.